The summed E-state index contributed by atoms with van der Waals surface area (Å²) in [4.78, 5) is 30.7. The highest BCUT2D eigenvalue weighted by atomic mass is 32.2. The minimum absolute atomic E-state index is 0.00456. The number of aryl methyl sites for hydroxylation is 2. The van der Waals surface area contributed by atoms with E-state index in [-0.39, 0.29) is 23.0 Å². The fraction of sp³-hybridized carbons (Fsp3) is 0.333. The molecule has 0 N–H and O–H groups in total. The summed E-state index contributed by atoms with van der Waals surface area (Å²) in [5.41, 5.74) is 6.61. The molecule has 0 aliphatic carbocycles. The van der Waals surface area contributed by atoms with Gasteiger partial charge in [-0.15, -0.1) is 11.8 Å². The van der Waals surface area contributed by atoms with Crippen LogP contribution in [-0.2, 0) is 19.9 Å². The highest BCUT2D eigenvalue weighted by Crippen LogP contribution is 2.62. The lowest BCUT2D eigenvalue weighted by molar-refractivity contribution is -0.124. The first-order valence-electron chi connectivity index (χ1n) is 12.2. The van der Waals surface area contributed by atoms with Crippen molar-refractivity contribution in [3.05, 3.63) is 94.5 Å². The largest absolute Gasteiger partial charge is 0.303 e. The van der Waals surface area contributed by atoms with Gasteiger partial charge in [0.15, 0.2) is 0 Å². The molecule has 0 radical (unpaired) electrons. The van der Waals surface area contributed by atoms with E-state index in [2.05, 4.69) is 69.3 Å². The van der Waals surface area contributed by atoms with E-state index in [0.717, 1.165) is 40.0 Å². The summed E-state index contributed by atoms with van der Waals surface area (Å²) in [6.45, 7) is 10.7. The van der Waals surface area contributed by atoms with Crippen LogP contribution in [0.2, 0.25) is 0 Å². The van der Waals surface area contributed by atoms with Gasteiger partial charge in [-0.2, -0.15) is 0 Å². The van der Waals surface area contributed by atoms with Gasteiger partial charge in [-0.1, -0.05) is 61.5 Å². The summed E-state index contributed by atoms with van der Waals surface area (Å²) >= 11 is 1.46. The number of para-hydroxylation sites is 1. The summed E-state index contributed by atoms with van der Waals surface area (Å²) in [5.74, 6) is 0.261. The fourth-order valence-electron chi connectivity index (χ4n) is 6.78. The summed E-state index contributed by atoms with van der Waals surface area (Å²) in [6.07, 6.45) is 0.796. The number of amides is 2. The van der Waals surface area contributed by atoms with Gasteiger partial charge in [0.1, 0.15) is 0 Å². The number of hydrogen-bond acceptors (Lipinski definition) is 3. The number of anilines is 2. The Morgan fingerprint density at radius 1 is 0.800 bits per heavy atom. The van der Waals surface area contributed by atoms with Gasteiger partial charge in [0, 0.05) is 22.2 Å². The quantitative estimate of drug-likeness (QED) is 0.445. The zero-order valence-corrected chi connectivity index (χ0v) is 21.7. The molecule has 3 aromatic carbocycles. The predicted molar refractivity (Wildman–Crippen MR) is 143 cm³/mol. The topological polar surface area (TPSA) is 40.6 Å². The van der Waals surface area contributed by atoms with Gasteiger partial charge < -0.3 is 4.90 Å². The molecule has 178 valence electrons. The lowest BCUT2D eigenvalue weighted by Gasteiger charge is -2.50. The van der Waals surface area contributed by atoms with Crippen molar-refractivity contribution in [2.24, 2.45) is 0 Å². The number of hydrogen-bond donors (Lipinski definition) is 0. The Balaban J connectivity index is 1.64. The fourth-order valence-corrected chi connectivity index (χ4v) is 8.12. The van der Waals surface area contributed by atoms with Gasteiger partial charge in [0.25, 0.3) is 5.91 Å². The first-order valence-corrected chi connectivity index (χ1v) is 13.2. The molecule has 2 amide bonds. The second kappa shape index (κ2) is 7.23. The van der Waals surface area contributed by atoms with E-state index >= 15 is 0 Å². The third-order valence-corrected chi connectivity index (χ3v) is 9.33. The monoisotopic (exact) mass is 482 g/mol. The van der Waals surface area contributed by atoms with Crippen LogP contribution in [0.3, 0.4) is 0 Å². The first kappa shape index (κ1) is 22.4. The van der Waals surface area contributed by atoms with Gasteiger partial charge >= 0.3 is 0 Å². The van der Waals surface area contributed by atoms with E-state index < -0.39 is 10.4 Å². The van der Waals surface area contributed by atoms with Gasteiger partial charge in [-0.05, 0) is 68.5 Å². The van der Waals surface area contributed by atoms with Crippen molar-refractivity contribution in [2.45, 2.75) is 56.9 Å². The maximum Gasteiger partial charge on any atom is 0.269 e. The molecular formula is C30H30N2O2S. The number of thioether (sulfide) groups is 1. The lowest BCUT2D eigenvalue weighted by Crippen LogP contribution is -2.58. The molecule has 1 spiro atoms. The molecule has 3 aliphatic heterocycles. The number of benzene rings is 3. The van der Waals surface area contributed by atoms with Crippen molar-refractivity contribution in [1.29, 1.82) is 0 Å². The zero-order chi connectivity index (χ0) is 24.8. The highest BCUT2D eigenvalue weighted by molar-refractivity contribution is 8.02. The highest BCUT2D eigenvalue weighted by Gasteiger charge is 2.65. The maximum absolute atomic E-state index is 14.6. The van der Waals surface area contributed by atoms with E-state index in [9.17, 15) is 9.59 Å². The molecule has 6 rings (SSSR count). The Kier molecular flexibility index (Phi) is 4.63. The van der Waals surface area contributed by atoms with Crippen LogP contribution < -0.4 is 9.80 Å². The lowest BCUT2D eigenvalue weighted by atomic mass is 9.65. The smallest absolute Gasteiger partial charge is 0.269 e. The molecule has 3 heterocycles. The standard InChI is InChI=1S/C30H30N2O2S/c1-19-14-20(2)16-22(15-19)31-25(33)17-35-30(31)24-13-9-12-23-26(24)32(27(30)34)28(3,4)18-29(23,5)21-10-7-6-8-11-21/h6-16H,17-18H2,1-5H3. The molecule has 2 atom stereocenters. The van der Waals surface area contributed by atoms with Gasteiger partial charge in [0.2, 0.25) is 10.8 Å². The Bertz CT molecular complexity index is 1380. The third kappa shape index (κ3) is 2.88. The molecule has 3 aliphatic rings. The molecule has 5 heteroatoms. The normalized spacial score (nSPS) is 26.5. The molecule has 4 nitrogen and oxygen atoms in total. The molecule has 2 unspecified atom stereocenters. The SMILES string of the molecule is Cc1cc(C)cc(N2C(=O)CSC23C(=O)N2c4c(cccc43)C(C)(c3ccccc3)CC2(C)C)c1. The summed E-state index contributed by atoms with van der Waals surface area (Å²) in [6, 6.07) is 23.0. The van der Waals surface area contributed by atoms with E-state index in [1.54, 1.807) is 4.90 Å². The molecular weight excluding hydrogens is 452 g/mol. The van der Waals surface area contributed by atoms with E-state index in [1.807, 2.05) is 36.9 Å². The summed E-state index contributed by atoms with van der Waals surface area (Å²) < 4.78 is 0. The van der Waals surface area contributed by atoms with Crippen LogP contribution in [0.1, 0.15) is 55.0 Å². The Morgan fingerprint density at radius 2 is 1.46 bits per heavy atom. The molecule has 35 heavy (non-hydrogen) atoms. The predicted octanol–water partition coefficient (Wildman–Crippen LogP) is 6.07. The number of rotatable bonds is 2. The number of carbonyl (C=O) groups excluding carboxylic acids is 2. The average molecular weight is 483 g/mol. The van der Waals surface area contributed by atoms with Crippen LogP contribution >= 0.6 is 11.8 Å². The van der Waals surface area contributed by atoms with Crippen molar-refractivity contribution in [3.8, 4) is 0 Å². The van der Waals surface area contributed by atoms with E-state index in [4.69, 9.17) is 0 Å². The maximum atomic E-state index is 14.6. The van der Waals surface area contributed by atoms with Crippen LogP contribution in [0.15, 0.2) is 66.7 Å². The van der Waals surface area contributed by atoms with Crippen molar-refractivity contribution in [2.75, 3.05) is 15.6 Å². The van der Waals surface area contributed by atoms with E-state index in [1.165, 1.54) is 17.3 Å². The second-order valence-electron chi connectivity index (χ2n) is 11.0. The van der Waals surface area contributed by atoms with Gasteiger partial charge in [-0.3, -0.25) is 14.5 Å². The van der Waals surface area contributed by atoms with E-state index in [0.29, 0.717) is 0 Å². The van der Waals surface area contributed by atoms with Crippen molar-refractivity contribution < 1.29 is 9.59 Å². The average Bonchev–Trinajstić information content (AvgIpc) is 3.28. The van der Waals surface area contributed by atoms with Crippen LogP contribution in [0.5, 0.6) is 0 Å². The number of fused-ring (bicyclic) bond motifs is 1. The Labute approximate surface area is 211 Å². The molecule has 0 aromatic heterocycles. The molecule has 1 fully saturated rings. The van der Waals surface area contributed by atoms with Crippen molar-refractivity contribution >= 4 is 35.0 Å². The first-order chi connectivity index (χ1) is 16.6. The van der Waals surface area contributed by atoms with Crippen molar-refractivity contribution in [3.63, 3.8) is 0 Å². The summed E-state index contributed by atoms with van der Waals surface area (Å²) in [5, 5.41) is 0. The molecule has 3 aromatic rings. The summed E-state index contributed by atoms with van der Waals surface area (Å²) in [7, 11) is 0. The van der Waals surface area contributed by atoms with Crippen molar-refractivity contribution in [1.82, 2.24) is 0 Å². The Hall–Kier alpha value is -3.05. The molecule has 0 bridgehead atoms. The number of carbonyl (C=O) groups is 2. The van der Waals surface area contributed by atoms with Gasteiger partial charge in [-0.25, -0.2) is 0 Å². The molecule has 0 saturated carbocycles. The van der Waals surface area contributed by atoms with Crippen LogP contribution in [-0.4, -0.2) is 23.1 Å². The third-order valence-electron chi connectivity index (χ3n) is 7.95. The molecule has 1 saturated heterocycles. The minimum atomic E-state index is -1.08. The number of nitrogens with zero attached hydrogens (tertiary/aromatic N) is 2. The second-order valence-corrected chi connectivity index (χ2v) is 12.2. The van der Waals surface area contributed by atoms with Crippen LogP contribution in [0.25, 0.3) is 0 Å². The Morgan fingerprint density at radius 3 is 2.14 bits per heavy atom. The van der Waals surface area contributed by atoms with Crippen LogP contribution in [0.4, 0.5) is 11.4 Å². The zero-order valence-electron chi connectivity index (χ0n) is 20.9. The minimum Gasteiger partial charge on any atom is -0.303 e. The van der Waals surface area contributed by atoms with Crippen LogP contribution in [0, 0.1) is 13.8 Å². The van der Waals surface area contributed by atoms with Gasteiger partial charge in [0.05, 0.1) is 11.4 Å².